The molecular weight excluding hydrogens is 164 g/mol. The summed E-state index contributed by atoms with van der Waals surface area (Å²) in [5.74, 6) is 0. The van der Waals surface area contributed by atoms with Crippen molar-refractivity contribution >= 4 is 17.9 Å². The molecule has 3 nitrogen and oxygen atoms in total. The molecule has 0 spiro atoms. The molecule has 4 heteroatoms. The minimum absolute atomic E-state index is 0.0752. The average Bonchev–Trinajstić information content (AvgIpc) is 2.53. The summed E-state index contributed by atoms with van der Waals surface area (Å²) in [6.45, 7) is 0. The molecule has 11 heavy (non-hydrogen) atoms. The molecule has 0 saturated carbocycles. The van der Waals surface area contributed by atoms with Gasteiger partial charge in [0.15, 0.2) is 12.2 Å². The van der Waals surface area contributed by atoms with E-state index in [1.54, 1.807) is 0 Å². The molecule has 0 aromatic rings. The Labute approximate surface area is 68.4 Å². The van der Waals surface area contributed by atoms with Gasteiger partial charge in [0.25, 0.3) is 0 Å². The van der Waals surface area contributed by atoms with Crippen LogP contribution in [0.25, 0.3) is 0 Å². The molecule has 0 aromatic heterocycles. The number of carbonyl (C=O) groups is 1. The van der Waals surface area contributed by atoms with Gasteiger partial charge in [-0.05, 0) is 12.8 Å². The molecular formula is C7H8O3S. The first kappa shape index (κ1) is 6.17. The van der Waals surface area contributed by atoms with Gasteiger partial charge in [-0.15, -0.1) is 11.8 Å². The molecule has 3 fully saturated rings. The summed E-state index contributed by atoms with van der Waals surface area (Å²) in [5, 5.41) is 1.05. The summed E-state index contributed by atoms with van der Waals surface area (Å²) >= 11 is 1.92. The number of hydrogen-bond donors (Lipinski definition) is 0. The van der Waals surface area contributed by atoms with Crippen LogP contribution in [0.3, 0.4) is 0 Å². The van der Waals surface area contributed by atoms with E-state index in [4.69, 9.17) is 9.47 Å². The summed E-state index contributed by atoms with van der Waals surface area (Å²) in [6, 6.07) is 0. The van der Waals surface area contributed by atoms with Crippen molar-refractivity contribution in [1.29, 1.82) is 0 Å². The molecule has 3 saturated heterocycles. The van der Waals surface area contributed by atoms with Crippen LogP contribution in [0.1, 0.15) is 12.8 Å². The Balaban J connectivity index is 1.92. The largest absolute Gasteiger partial charge is 0.509 e. The van der Waals surface area contributed by atoms with E-state index >= 15 is 0 Å². The van der Waals surface area contributed by atoms with Gasteiger partial charge in [-0.2, -0.15) is 0 Å². The highest BCUT2D eigenvalue weighted by Gasteiger charge is 2.56. The molecule has 0 N–H and O–H groups in total. The van der Waals surface area contributed by atoms with E-state index < -0.39 is 6.16 Å². The molecule has 4 atom stereocenters. The van der Waals surface area contributed by atoms with Crippen molar-refractivity contribution in [3.05, 3.63) is 0 Å². The van der Waals surface area contributed by atoms with Crippen LogP contribution >= 0.6 is 11.8 Å². The Morgan fingerprint density at radius 2 is 1.73 bits per heavy atom. The second kappa shape index (κ2) is 1.86. The molecule has 0 amide bonds. The lowest BCUT2D eigenvalue weighted by molar-refractivity contribution is 0.116. The zero-order chi connectivity index (χ0) is 7.42. The van der Waals surface area contributed by atoms with Crippen LogP contribution in [0, 0.1) is 0 Å². The summed E-state index contributed by atoms with van der Waals surface area (Å²) in [4.78, 5) is 10.7. The first-order valence-corrected chi connectivity index (χ1v) is 4.81. The highest BCUT2D eigenvalue weighted by molar-refractivity contribution is 8.01. The van der Waals surface area contributed by atoms with Crippen molar-refractivity contribution in [2.24, 2.45) is 0 Å². The fourth-order valence-electron chi connectivity index (χ4n) is 2.13. The minimum atomic E-state index is -0.461. The molecule has 3 aliphatic heterocycles. The standard InChI is InChI=1S/C7H8O3S/c8-7-9-5-3-1-2-4(11-3)6(5)10-7/h3-6H,1-2H2/t3?,4?,5-,6?/m0/s1. The lowest BCUT2D eigenvalue weighted by atomic mass is 9.95. The van der Waals surface area contributed by atoms with Crippen molar-refractivity contribution in [1.82, 2.24) is 0 Å². The molecule has 3 aliphatic rings. The third-order valence-electron chi connectivity index (χ3n) is 2.61. The van der Waals surface area contributed by atoms with E-state index in [0.29, 0.717) is 10.5 Å². The van der Waals surface area contributed by atoms with Crippen LogP contribution in [0.5, 0.6) is 0 Å². The molecule has 2 bridgehead atoms. The highest BCUT2D eigenvalue weighted by Crippen LogP contribution is 2.50. The number of hydrogen-bond acceptors (Lipinski definition) is 4. The van der Waals surface area contributed by atoms with Gasteiger partial charge in [0, 0.05) is 10.5 Å². The quantitative estimate of drug-likeness (QED) is 0.514. The Kier molecular flexibility index (Phi) is 1.04. The van der Waals surface area contributed by atoms with E-state index in [-0.39, 0.29) is 12.2 Å². The van der Waals surface area contributed by atoms with Crippen molar-refractivity contribution in [2.45, 2.75) is 35.5 Å². The smallest absolute Gasteiger partial charge is 0.426 e. The first-order chi connectivity index (χ1) is 5.34. The van der Waals surface area contributed by atoms with Gasteiger partial charge in [0.05, 0.1) is 0 Å². The second-order valence-corrected chi connectivity index (χ2v) is 4.69. The van der Waals surface area contributed by atoms with Gasteiger partial charge in [-0.25, -0.2) is 4.79 Å². The zero-order valence-corrected chi connectivity index (χ0v) is 6.67. The Hall–Kier alpha value is -0.380. The fraction of sp³-hybridized carbons (Fsp3) is 0.857. The predicted molar refractivity (Wildman–Crippen MR) is 39.5 cm³/mol. The maximum atomic E-state index is 10.7. The summed E-state index contributed by atoms with van der Waals surface area (Å²) in [6.07, 6.45) is 2.06. The highest BCUT2D eigenvalue weighted by atomic mass is 32.2. The first-order valence-electron chi connectivity index (χ1n) is 3.87. The normalized spacial score (nSPS) is 52.2. The van der Waals surface area contributed by atoms with Crippen molar-refractivity contribution < 1.29 is 14.3 Å². The number of thioether (sulfide) groups is 1. The molecule has 3 unspecified atom stereocenters. The summed E-state index contributed by atoms with van der Waals surface area (Å²) < 4.78 is 10.1. The maximum absolute atomic E-state index is 10.7. The zero-order valence-electron chi connectivity index (χ0n) is 5.86. The van der Waals surface area contributed by atoms with E-state index in [0.717, 1.165) is 0 Å². The number of fused-ring (bicyclic) bond motifs is 5. The van der Waals surface area contributed by atoms with E-state index in [1.165, 1.54) is 12.8 Å². The summed E-state index contributed by atoms with van der Waals surface area (Å²) in [7, 11) is 0. The third kappa shape index (κ3) is 0.682. The van der Waals surface area contributed by atoms with Gasteiger partial charge in [-0.1, -0.05) is 0 Å². The Bertz CT molecular complexity index is 198. The molecule has 60 valence electrons. The Morgan fingerprint density at radius 1 is 1.18 bits per heavy atom. The van der Waals surface area contributed by atoms with Crippen molar-refractivity contribution in [3.8, 4) is 0 Å². The molecule has 3 heterocycles. The van der Waals surface area contributed by atoms with Crippen LogP contribution in [0.15, 0.2) is 0 Å². The molecule has 0 aromatic carbocycles. The van der Waals surface area contributed by atoms with Crippen LogP contribution in [0.2, 0.25) is 0 Å². The van der Waals surface area contributed by atoms with E-state index in [1.807, 2.05) is 11.8 Å². The fourth-order valence-corrected chi connectivity index (χ4v) is 3.86. The molecule has 3 rings (SSSR count). The maximum Gasteiger partial charge on any atom is 0.509 e. The van der Waals surface area contributed by atoms with Gasteiger partial charge in [0.1, 0.15) is 0 Å². The summed E-state index contributed by atoms with van der Waals surface area (Å²) in [5.41, 5.74) is 0. The topological polar surface area (TPSA) is 35.5 Å². The molecule has 0 radical (unpaired) electrons. The predicted octanol–water partition coefficient (Wildman–Crippen LogP) is 1.17. The number of carbonyl (C=O) groups excluding carboxylic acids is 1. The van der Waals surface area contributed by atoms with Crippen LogP contribution in [-0.2, 0) is 9.47 Å². The van der Waals surface area contributed by atoms with Crippen LogP contribution in [-0.4, -0.2) is 28.9 Å². The lowest BCUT2D eigenvalue weighted by Gasteiger charge is -2.17. The van der Waals surface area contributed by atoms with Crippen molar-refractivity contribution in [3.63, 3.8) is 0 Å². The average molecular weight is 172 g/mol. The molecule has 0 aliphatic carbocycles. The lowest BCUT2D eigenvalue weighted by Crippen LogP contribution is -2.33. The van der Waals surface area contributed by atoms with Crippen LogP contribution in [0.4, 0.5) is 4.79 Å². The van der Waals surface area contributed by atoms with Gasteiger partial charge in [0.2, 0.25) is 0 Å². The SMILES string of the molecule is O=C1OC2C3CCC(S3)[C@@H]2O1. The van der Waals surface area contributed by atoms with Crippen LogP contribution < -0.4 is 0 Å². The Morgan fingerprint density at radius 3 is 2.27 bits per heavy atom. The van der Waals surface area contributed by atoms with E-state index in [2.05, 4.69) is 0 Å². The van der Waals surface area contributed by atoms with Gasteiger partial charge >= 0.3 is 6.16 Å². The third-order valence-corrected chi connectivity index (χ3v) is 4.31. The van der Waals surface area contributed by atoms with Gasteiger partial charge in [-0.3, -0.25) is 0 Å². The minimum Gasteiger partial charge on any atom is -0.426 e. The second-order valence-electron chi connectivity index (χ2n) is 3.21. The number of ether oxygens (including phenoxy) is 2. The van der Waals surface area contributed by atoms with E-state index in [9.17, 15) is 4.79 Å². The van der Waals surface area contributed by atoms with Crippen molar-refractivity contribution in [2.75, 3.05) is 0 Å². The monoisotopic (exact) mass is 172 g/mol. The van der Waals surface area contributed by atoms with Gasteiger partial charge < -0.3 is 9.47 Å². The number of rotatable bonds is 0.